The Labute approximate surface area is 111 Å². The number of aliphatic hydroxyl groups excluding tert-OH is 1. The molecule has 1 aromatic carbocycles. The second-order valence-corrected chi connectivity index (χ2v) is 5.09. The lowest BCUT2D eigenvalue weighted by Crippen LogP contribution is -2.36. The number of nitrogens with two attached hydrogens (primary N) is 1. The number of nitrogens with zero attached hydrogens (tertiary/aromatic N) is 1. The lowest BCUT2D eigenvalue weighted by atomic mass is 10.1. The van der Waals surface area contributed by atoms with Gasteiger partial charge in [-0.1, -0.05) is 24.4 Å². The van der Waals surface area contributed by atoms with Crippen LogP contribution in [-0.2, 0) is 0 Å². The first-order valence-electron chi connectivity index (χ1n) is 6.25. The fourth-order valence-corrected chi connectivity index (χ4v) is 2.80. The maximum absolute atomic E-state index is 13.6. The van der Waals surface area contributed by atoms with Crippen LogP contribution in [0.2, 0.25) is 5.02 Å². The van der Waals surface area contributed by atoms with E-state index in [0.29, 0.717) is 24.0 Å². The normalized spacial score (nSPS) is 16.2. The topological polar surface area (TPSA) is 49.5 Å². The molecule has 1 saturated carbocycles. The summed E-state index contributed by atoms with van der Waals surface area (Å²) in [6.45, 7) is 0.496. The first-order chi connectivity index (χ1) is 8.63. The van der Waals surface area contributed by atoms with Crippen molar-refractivity contribution in [3.05, 3.63) is 23.0 Å². The van der Waals surface area contributed by atoms with Crippen molar-refractivity contribution >= 4 is 23.0 Å². The Morgan fingerprint density at radius 1 is 1.39 bits per heavy atom. The molecule has 0 saturated heterocycles. The monoisotopic (exact) mass is 272 g/mol. The van der Waals surface area contributed by atoms with Crippen LogP contribution in [0.15, 0.2) is 12.1 Å². The fourth-order valence-electron chi connectivity index (χ4n) is 2.62. The molecule has 0 radical (unpaired) electrons. The van der Waals surface area contributed by atoms with Gasteiger partial charge in [0.15, 0.2) is 0 Å². The summed E-state index contributed by atoms with van der Waals surface area (Å²) in [4.78, 5) is 2.00. The maximum Gasteiger partial charge on any atom is 0.144 e. The van der Waals surface area contributed by atoms with Crippen LogP contribution >= 0.6 is 11.6 Å². The molecule has 1 aliphatic carbocycles. The summed E-state index contributed by atoms with van der Waals surface area (Å²) >= 11 is 5.70. The minimum Gasteiger partial charge on any atom is -0.397 e. The average molecular weight is 273 g/mol. The Morgan fingerprint density at radius 3 is 2.67 bits per heavy atom. The molecule has 2 rings (SSSR count). The molecule has 5 heteroatoms. The summed E-state index contributed by atoms with van der Waals surface area (Å²) in [6.07, 6.45) is 4.46. The molecular formula is C13H18ClFN2O. The number of hydrogen-bond donors (Lipinski definition) is 2. The van der Waals surface area contributed by atoms with Gasteiger partial charge in [-0.3, -0.25) is 0 Å². The summed E-state index contributed by atoms with van der Waals surface area (Å²) in [5, 5.41) is 9.20. The van der Waals surface area contributed by atoms with Gasteiger partial charge in [-0.15, -0.1) is 0 Å². The average Bonchev–Trinajstić information content (AvgIpc) is 2.85. The van der Waals surface area contributed by atoms with Crippen molar-refractivity contribution in [1.29, 1.82) is 0 Å². The summed E-state index contributed by atoms with van der Waals surface area (Å²) in [6, 6.07) is 3.14. The molecule has 0 bridgehead atoms. The van der Waals surface area contributed by atoms with Crippen LogP contribution in [0.25, 0.3) is 0 Å². The minimum absolute atomic E-state index is 0.0280. The van der Waals surface area contributed by atoms with E-state index < -0.39 is 5.82 Å². The zero-order chi connectivity index (χ0) is 13.1. The Hall–Kier alpha value is -1.00. The Morgan fingerprint density at radius 2 is 2.06 bits per heavy atom. The molecular weight excluding hydrogens is 255 g/mol. The smallest absolute Gasteiger partial charge is 0.144 e. The van der Waals surface area contributed by atoms with Crippen molar-refractivity contribution in [3.8, 4) is 0 Å². The van der Waals surface area contributed by atoms with Gasteiger partial charge < -0.3 is 15.7 Å². The summed E-state index contributed by atoms with van der Waals surface area (Å²) < 4.78 is 13.6. The third kappa shape index (κ3) is 2.70. The molecule has 3 N–H and O–H groups in total. The van der Waals surface area contributed by atoms with E-state index in [9.17, 15) is 9.50 Å². The molecule has 18 heavy (non-hydrogen) atoms. The van der Waals surface area contributed by atoms with Gasteiger partial charge >= 0.3 is 0 Å². The van der Waals surface area contributed by atoms with E-state index in [1.54, 1.807) is 0 Å². The van der Waals surface area contributed by atoms with Crippen LogP contribution in [-0.4, -0.2) is 24.3 Å². The number of nitrogen functional groups attached to an aromatic ring is 1. The maximum atomic E-state index is 13.6. The highest BCUT2D eigenvalue weighted by Crippen LogP contribution is 2.34. The zero-order valence-corrected chi connectivity index (χ0v) is 11.0. The lowest BCUT2D eigenvalue weighted by Gasteiger charge is -2.31. The Bertz CT molecular complexity index is 422. The minimum atomic E-state index is -0.471. The second-order valence-electron chi connectivity index (χ2n) is 4.68. The van der Waals surface area contributed by atoms with E-state index in [2.05, 4.69) is 0 Å². The number of halogens is 2. The number of anilines is 2. The van der Waals surface area contributed by atoms with Gasteiger partial charge in [0.05, 0.1) is 23.0 Å². The molecule has 0 aliphatic heterocycles. The van der Waals surface area contributed by atoms with Crippen LogP contribution in [0.3, 0.4) is 0 Å². The van der Waals surface area contributed by atoms with Gasteiger partial charge in [0.1, 0.15) is 5.82 Å². The van der Waals surface area contributed by atoms with Crippen molar-refractivity contribution in [3.63, 3.8) is 0 Å². The first-order valence-corrected chi connectivity index (χ1v) is 6.63. The highest BCUT2D eigenvalue weighted by Gasteiger charge is 2.24. The van der Waals surface area contributed by atoms with E-state index in [1.165, 1.54) is 25.0 Å². The lowest BCUT2D eigenvalue weighted by molar-refractivity contribution is 0.297. The summed E-state index contributed by atoms with van der Waals surface area (Å²) in [5.74, 6) is -0.471. The number of benzene rings is 1. The van der Waals surface area contributed by atoms with E-state index in [4.69, 9.17) is 17.3 Å². The van der Waals surface area contributed by atoms with Crippen LogP contribution < -0.4 is 10.6 Å². The Balaban J connectivity index is 2.32. The predicted molar refractivity (Wildman–Crippen MR) is 72.5 cm³/mol. The third-order valence-corrected chi connectivity index (χ3v) is 3.78. The van der Waals surface area contributed by atoms with Gasteiger partial charge in [-0.05, 0) is 18.9 Å². The van der Waals surface area contributed by atoms with Gasteiger partial charge in [-0.25, -0.2) is 4.39 Å². The van der Waals surface area contributed by atoms with E-state index in [0.717, 1.165) is 12.8 Å². The van der Waals surface area contributed by atoms with Crippen molar-refractivity contribution < 1.29 is 9.50 Å². The van der Waals surface area contributed by atoms with Gasteiger partial charge in [-0.2, -0.15) is 0 Å². The van der Waals surface area contributed by atoms with Gasteiger partial charge in [0, 0.05) is 18.7 Å². The molecule has 100 valence electrons. The van der Waals surface area contributed by atoms with Crippen LogP contribution in [0.1, 0.15) is 25.7 Å². The van der Waals surface area contributed by atoms with Crippen LogP contribution in [0.5, 0.6) is 0 Å². The van der Waals surface area contributed by atoms with Gasteiger partial charge in [0.2, 0.25) is 0 Å². The zero-order valence-electron chi connectivity index (χ0n) is 10.2. The predicted octanol–water partition coefficient (Wildman–Crippen LogP) is 2.80. The largest absolute Gasteiger partial charge is 0.397 e. The number of hydrogen-bond acceptors (Lipinski definition) is 3. The summed E-state index contributed by atoms with van der Waals surface area (Å²) in [5.41, 5.74) is 7.01. The van der Waals surface area contributed by atoms with E-state index in [-0.39, 0.29) is 11.6 Å². The first kappa shape index (κ1) is 13.4. The highest BCUT2D eigenvalue weighted by molar-refractivity contribution is 6.31. The SMILES string of the molecule is Nc1cc(Cl)c(F)cc1N(CCO)C1CCCC1. The number of aliphatic hydroxyl groups is 1. The molecule has 0 atom stereocenters. The van der Waals surface area contributed by atoms with E-state index in [1.807, 2.05) is 4.90 Å². The molecule has 3 nitrogen and oxygen atoms in total. The van der Waals surface area contributed by atoms with Crippen molar-refractivity contribution in [2.24, 2.45) is 0 Å². The molecule has 1 aliphatic rings. The molecule has 0 heterocycles. The van der Waals surface area contributed by atoms with Gasteiger partial charge in [0.25, 0.3) is 0 Å². The quantitative estimate of drug-likeness (QED) is 0.829. The highest BCUT2D eigenvalue weighted by atomic mass is 35.5. The van der Waals surface area contributed by atoms with Crippen LogP contribution in [0, 0.1) is 5.82 Å². The number of rotatable bonds is 4. The standard InChI is InChI=1S/C13H18ClFN2O/c14-10-7-12(16)13(8-11(10)15)17(5-6-18)9-3-1-2-4-9/h7-9,18H,1-6,16H2. The second kappa shape index (κ2) is 5.76. The summed E-state index contributed by atoms with van der Waals surface area (Å²) in [7, 11) is 0. The fraction of sp³-hybridized carbons (Fsp3) is 0.538. The molecule has 0 unspecified atom stereocenters. The molecule has 0 amide bonds. The molecule has 1 fully saturated rings. The van der Waals surface area contributed by atoms with E-state index >= 15 is 0 Å². The van der Waals surface area contributed by atoms with Crippen molar-refractivity contribution in [2.45, 2.75) is 31.7 Å². The molecule has 0 spiro atoms. The van der Waals surface area contributed by atoms with Crippen molar-refractivity contribution in [1.82, 2.24) is 0 Å². The van der Waals surface area contributed by atoms with Crippen LogP contribution in [0.4, 0.5) is 15.8 Å². The Kier molecular flexibility index (Phi) is 4.30. The third-order valence-electron chi connectivity index (χ3n) is 3.49. The molecule has 1 aromatic rings. The van der Waals surface area contributed by atoms with Crippen molar-refractivity contribution in [2.75, 3.05) is 23.8 Å². The molecule has 0 aromatic heterocycles.